The second-order valence-corrected chi connectivity index (χ2v) is 14.5. The Morgan fingerprint density at radius 3 is 1.91 bits per heavy atom. The molecule has 1 aliphatic heterocycles. The van der Waals surface area contributed by atoms with Crippen LogP contribution in [0.2, 0.25) is 5.04 Å². The van der Waals surface area contributed by atoms with Crippen molar-refractivity contribution in [1.29, 1.82) is 0 Å². The molecular weight excluding hydrogens is 438 g/mol. The van der Waals surface area contributed by atoms with Crippen LogP contribution in [0, 0.1) is 0 Å². The van der Waals surface area contributed by atoms with Crippen LogP contribution in [0.5, 0.6) is 0 Å². The van der Waals surface area contributed by atoms with Crippen molar-refractivity contribution in [2.24, 2.45) is 0 Å². The summed E-state index contributed by atoms with van der Waals surface area (Å²) in [6, 6.07) is 32.1. The fourth-order valence-corrected chi connectivity index (χ4v) is 9.67. The van der Waals surface area contributed by atoms with Gasteiger partial charge in [0.2, 0.25) is 0 Å². The average molecular weight is 476 g/mol. The molecule has 1 heterocycles. The Bertz CT molecular complexity index is 968. The van der Waals surface area contributed by atoms with Gasteiger partial charge in [-0.3, -0.25) is 4.90 Å². The number of nitrogens with zero attached hydrogens (tertiary/aromatic N) is 1. The number of aliphatic hydroxyl groups excluding tert-OH is 1. The Kier molecular flexibility index (Phi) is 8.01. The summed E-state index contributed by atoms with van der Waals surface area (Å²) in [5, 5.41) is 12.3. The molecule has 0 amide bonds. The summed E-state index contributed by atoms with van der Waals surface area (Å²) in [5.41, 5.74) is 1.26. The van der Waals surface area contributed by atoms with Crippen LogP contribution in [-0.4, -0.2) is 56.8 Å². The molecule has 0 aliphatic carbocycles. The van der Waals surface area contributed by atoms with Crippen LogP contribution < -0.4 is 10.4 Å². The van der Waals surface area contributed by atoms with Gasteiger partial charge in [-0.1, -0.05) is 112 Å². The minimum absolute atomic E-state index is 0.0353. The molecule has 0 saturated carbocycles. The first-order chi connectivity index (χ1) is 16.4. The predicted octanol–water partition coefficient (Wildman–Crippen LogP) is 3.82. The fraction of sp³-hybridized carbons (Fsp3) is 0.379. The van der Waals surface area contributed by atoms with Gasteiger partial charge in [0, 0.05) is 13.1 Å². The zero-order valence-electron chi connectivity index (χ0n) is 20.6. The monoisotopic (exact) mass is 475 g/mol. The third kappa shape index (κ3) is 5.34. The Hall–Kier alpha value is -2.28. The Morgan fingerprint density at radius 2 is 1.41 bits per heavy atom. The second-order valence-electron chi connectivity index (χ2n) is 10.2. The number of ether oxygens (including phenoxy) is 1. The van der Waals surface area contributed by atoms with Gasteiger partial charge >= 0.3 is 0 Å². The first-order valence-electron chi connectivity index (χ1n) is 12.2. The van der Waals surface area contributed by atoms with Gasteiger partial charge in [-0.15, -0.1) is 0 Å². The van der Waals surface area contributed by atoms with E-state index in [1.165, 1.54) is 15.9 Å². The molecule has 0 aromatic heterocycles. The molecule has 4 nitrogen and oxygen atoms in total. The van der Waals surface area contributed by atoms with Gasteiger partial charge in [0.05, 0.1) is 32.0 Å². The maximum absolute atomic E-state index is 9.75. The van der Waals surface area contributed by atoms with Crippen LogP contribution in [-0.2, 0) is 15.7 Å². The van der Waals surface area contributed by atoms with E-state index in [4.69, 9.17) is 9.16 Å². The molecule has 1 saturated heterocycles. The van der Waals surface area contributed by atoms with Gasteiger partial charge in [-0.25, -0.2) is 0 Å². The lowest BCUT2D eigenvalue weighted by molar-refractivity contribution is -0.0942. The topological polar surface area (TPSA) is 41.9 Å². The van der Waals surface area contributed by atoms with E-state index in [9.17, 15) is 5.11 Å². The van der Waals surface area contributed by atoms with E-state index in [1.807, 2.05) is 6.07 Å². The van der Waals surface area contributed by atoms with E-state index in [1.54, 1.807) is 0 Å². The van der Waals surface area contributed by atoms with E-state index in [-0.39, 0.29) is 23.8 Å². The van der Waals surface area contributed by atoms with Crippen molar-refractivity contribution in [2.75, 3.05) is 26.4 Å². The molecule has 34 heavy (non-hydrogen) atoms. The molecule has 0 radical (unpaired) electrons. The molecule has 4 rings (SSSR count). The lowest BCUT2D eigenvalue weighted by Gasteiger charge is -2.46. The molecule has 1 aliphatic rings. The minimum Gasteiger partial charge on any atom is -0.406 e. The molecule has 0 unspecified atom stereocenters. The summed E-state index contributed by atoms with van der Waals surface area (Å²) in [6.45, 7) is 9.60. The van der Waals surface area contributed by atoms with E-state index in [2.05, 4.69) is 111 Å². The normalized spacial score (nSPS) is 19.8. The van der Waals surface area contributed by atoms with E-state index >= 15 is 0 Å². The van der Waals surface area contributed by atoms with Crippen molar-refractivity contribution in [3.63, 3.8) is 0 Å². The number of hydrogen-bond donors (Lipinski definition) is 1. The van der Waals surface area contributed by atoms with E-state index in [0.29, 0.717) is 19.8 Å². The maximum atomic E-state index is 9.75. The standard InChI is InChI=1S/C29H37NO3Si/c1-29(2,3)34(27-15-9-5-10-16-27,28-17-11-6-12-18-28)33-23-25-22-32-26(21-31)20-30(25)19-24-13-7-4-8-14-24/h4-18,25-26,31H,19-23H2,1-3H3/t25-,26-/m0/s1. The highest BCUT2D eigenvalue weighted by Gasteiger charge is 2.50. The van der Waals surface area contributed by atoms with Crippen molar-refractivity contribution < 1.29 is 14.3 Å². The Morgan fingerprint density at radius 1 is 0.882 bits per heavy atom. The maximum Gasteiger partial charge on any atom is 0.261 e. The van der Waals surface area contributed by atoms with Crippen molar-refractivity contribution in [3.05, 3.63) is 96.6 Å². The van der Waals surface area contributed by atoms with Gasteiger partial charge in [0.25, 0.3) is 8.32 Å². The van der Waals surface area contributed by atoms with Crippen LogP contribution >= 0.6 is 0 Å². The number of hydrogen-bond acceptors (Lipinski definition) is 4. The van der Waals surface area contributed by atoms with E-state index in [0.717, 1.165) is 6.54 Å². The van der Waals surface area contributed by atoms with Gasteiger partial charge in [0.15, 0.2) is 0 Å². The summed E-state index contributed by atoms with van der Waals surface area (Å²) >= 11 is 0. The summed E-state index contributed by atoms with van der Waals surface area (Å²) in [4.78, 5) is 2.41. The van der Waals surface area contributed by atoms with Crippen LogP contribution in [0.4, 0.5) is 0 Å². The lowest BCUT2D eigenvalue weighted by Crippen LogP contribution is -2.67. The zero-order valence-corrected chi connectivity index (χ0v) is 21.6. The average Bonchev–Trinajstić information content (AvgIpc) is 2.86. The van der Waals surface area contributed by atoms with Crippen molar-refractivity contribution in [1.82, 2.24) is 4.90 Å². The SMILES string of the molecule is CC(C)(C)[Si](OC[C@@H]1CO[C@H](CO)CN1Cc1ccccc1)(c1ccccc1)c1ccccc1. The quantitative estimate of drug-likeness (QED) is 0.503. The van der Waals surface area contributed by atoms with Gasteiger partial charge in [-0.05, 0) is 21.0 Å². The summed E-state index contributed by atoms with van der Waals surface area (Å²) in [5.74, 6) is 0. The molecule has 0 spiro atoms. The first kappa shape index (κ1) is 24.8. The van der Waals surface area contributed by atoms with Crippen molar-refractivity contribution in [2.45, 2.75) is 44.5 Å². The lowest BCUT2D eigenvalue weighted by atomic mass is 10.1. The molecule has 2 atom stereocenters. The fourth-order valence-electron chi connectivity index (χ4n) is 5.07. The third-order valence-electron chi connectivity index (χ3n) is 6.82. The molecule has 3 aromatic rings. The number of benzene rings is 3. The largest absolute Gasteiger partial charge is 0.406 e. The molecular formula is C29H37NO3Si. The highest BCUT2D eigenvalue weighted by molar-refractivity contribution is 6.99. The minimum atomic E-state index is -2.61. The van der Waals surface area contributed by atoms with Crippen LogP contribution in [0.15, 0.2) is 91.0 Å². The molecule has 1 N–H and O–H groups in total. The van der Waals surface area contributed by atoms with Gasteiger partial charge in [-0.2, -0.15) is 0 Å². The number of aliphatic hydroxyl groups is 1. The molecule has 180 valence electrons. The highest BCUT2D eigenvalue weighted by Crippen LogP contribution is 2.37. The predicted molar refractivity (Wildman–Crippen MR) is 141 cm³/mol. The van der Waals surface area contributed by atoms with Gasteiger partial charge < -0.3 is 14.3 Å². The van der Waals surface area contributed by atoms with Crippen molar-refractivity contribution >= 4 is 18.7 Å². The smallest absolute Gasteiger partial charge is 0.261 e. The molecule has 3 aromatic carbocycles. The zero-order chi connectivity index (χ0) is 24.0. The molecule has 1 fully saturated rings. The summed E-state index contributed by atoms with van der Waals surface area (Å²) < 4.78 is 13.2. The second kappa shape index (κ2) is 11.0. The Balaban J connectivity index is 1.66. The van der Waals surface area contributed by atoms with Crippen LogP contribution in [0.25, 0.3) is 0 Å². The summed E-state index contributed by atoms with van der Waals surface area (Å²) in [6.07, 6.45) is -0.159. The van der Waals surface area contributed by atoms with Gasteiger partial charge in [0.1, 0.15) is 0 Å². The molecule has 5 heteroatoms. The van der Waals surface area contributed by atoms with E-state index < -0.39 is 8.32 Å². The first-order valence-corrected chi connectivity index (χ1v) is 14.1. The Labute approximate surface area is 205 Å². The number of rotatable bonds is 8. The van der Waals surface area contributed by atoms with Crippen molar-refractivity contribution in [3.8, 4) is 0 Å². The number of morpholine rings is 1. The third-order valence-corrected chi connectivity index (χ3v) is 11.8. The molecule has 0 bridgehead atoms. The highest BCUT2D eigenvalue weighted by atomic mass is 28.4. The van der Waals surface area contributed by atoms with Crippen LogP contribution in [0.3, 0.4) is 0 Å². The van der Waals surface area contributed by atoms with Crippen LogP contribution in [0.1, 0.15) is 26.3 Å². The summed E-state index contributed by atoms with van der Waals surface area (Å²) in [7, 11) is -2.61.